The minimum atomic E-state index is -0.136. The maximum Gasteiger partial charge on any atom is 0.315 e. The molecule has 3 rings (SSSR count). The molecule has 28 heavy (non-hydrogen) atoms. The number of benzene rings is 1. The molecule has 154 valence electrons. The van der Waals surface area contributed by atoms with Gasteiger partial charge in [0.15, 0.2) is 0 Å². The zero-order chi connectivity index (χ0) is 19.8. The summed E-state index contributed by atoms with van der Waals surface area (Å²) in [6.45, 7) is 6.81. The fourth-order valence-corrected chi connectivity index (χ4v) is 4.11. The number of carbonyl (C=O) groups excluding carboxylic acids is 2. The van der Waals surface area contributed by atoms with Gasteiger partial charge in [-0.3, -0.25) is 9.69 Å². The lowest BCUT2D eigenvalue weighted by Crippen LogP contribution is -2.49. The smallest absolute Gasteiger partial charge is 0.315 e. The van der Waals surface area contributed by atoms with Crippen LogP contribution in [0.2, 0.25) is 0 Å². The van der Waals surface area contributed by atoms with Crippen LogP contribution in [-0.4, -0.2) is 60.5 Å². The van der Waals surface area contributed by atoms with E-state index in [9.17, 15) is 9.59 Å². The van der Waals surface area contributed by atoms with E-state index in [2.05, 4.69) is 46.7 Å². The number of urea groups is 1. The molecule has 2 aliphatic rings. The van der Waals surface area contributed by atoms with Gasteiger partial charge < -0.3 is 15.5 Å². The quantitative estimate of drug-likeness (QED) is 0.790. The van der Waals surface area contributed by atoms with Crippen LogP contribution in [0.15, 0.2) is 24.3 Å². The summed E-state index contributed by atoms with van der Waals surface area (Å²) in [7, 11) is 0. The van der Waals surface area contributed by atoms with Crippen molar-refractivity contribution < 1.29 is 9.59 Å². The average Bonchev–Trinajstić information content (AvgIpc) is 2.71. The lowest BCUT2D eigenvalue weighted by Gasteiger charge is -2.35. The van der Waals surface area contributed by atoms with Gasteiger partial charge in [-0.1, -0.05) is 43.5 Å². The van der Waals surface area contributed by atoms with Crippen LogP contribution < -0.4 is 10.6 Å². The van der Waals surface area contributed by atoms with Gasteiger partial charge in [-0.15, -0.1) is 0 Å². The Morgan fingerprint density at radius 3 is 2.46 bits per heavy atom. The molecule has 1 saturated carbocycles. The zero-order valence-corrected chi connectivity index (χ0v) is 17.1. The average molecular weight is 387 g/mol. The number of nitrogens with one attached hydrogen (secondary N) is 2. The summed E-state index contributed by atoms with van der Waals surface area (Å²) >= 11 is 0. The number of amides is 3. The maximum absolute atomic E-state index is 12.4. The van der Waals surface area contributed by atoms with Gasteiger partial charge in [0.05, 0.1) is 0 Å². The molecule has 3 amide bonds. The van der Waals surface area contributed by atoms with Crippen molar-refractivity contribution in [2.24, 2.45) is 0 Å². The van der Waals surface area contributed by atoms with Gasteiger partial charge in [-0.2, -0.15) is 0 Å². The Morgan fingerprint density at radius 1 is 1.04 bits per heavy atom. The van der Waals surface area contributed by atoms with E-state index in [1.807, 2.05) is 4.90 Å². The molecule has 1 heterocycles. The summed E-state index contributed by atoms with van der Waals surface area (Å²) in [4.78, 5) is 28.7. The van der Waals surface area contributed by atoms with Crippen LogP contribution in [0.3, 0.4) is 0 Å². The summed E-state index contributed by atoms with van der Waals surface area (Å²) in [5.41, 5.74) is 2.68. The van der Waals surface area contributed by atoms with Crippen LogP contribution in [0.4, 0.5) is 4.79 Å². The molecule has 1 aromatic rings. The Labute approximate surface area is 168 Å². The first-order valence-corrected chi connectivity index (χ1v) is 10.7. The molecule has 0 radical (unpaired) electrons. The second-order valence-electron chi connectivity index (χ2n) is 8.07. The summed E-state index contributed by atoms with van der Waals surface area (Å²) in [6.07, 6.45) is 6.17. The van der Waals surface area contributed by atoms with Crippen molar-refractivity contribution in [1.29, 1.82) is 0 Å². The number of carbonyl (C=O) groups is 2. The molecular weight excluding hydrogens is 352 g/mol. The van der Waals surface area contributed by atoms with Crippen LogP contribution in [0, 0.1) is 6.92 Å². The zero-order valence-electron chi connectivity index (χ0n) is 17.1. The Kier molecular flexibility index (Phi) is 7.71. The standard InChI is InChI=1S/C22H34N4O2/c1-18-7-5-6-8-19(18)17-25-13-15-26(16-14-25)21(27)11-12-23-22(28)24-20-9-3-2-4-10-20/h5-8,20H,2-4,9-17H2,1H3,(H2,23,24,28). The van der Waals surface area contributed by atoms with Crippen LogP contribution in [-0.2, 0) is 11.3 Å². The van der Waals surface area contributed by atoms with Crippen molar-refractivity contribution >= 4 is 11.9 Å². The fraction of sp³-hybridized carbons (Fsp3) is 0.636. The van der Waals surface area contributed by atoms with E-state index in [0.717, 1.165) is 45.6 Å². The molecule has 0 atom stereocenters. The van der Waals surface area contributed by atoms with Crippen molar-refractivity contribution in [2.75, 3.05) is 32.7 Å². The highest BCUT2D eigenvalue weighted by Gasteiger charge is 2.21. The number of hydrogen-bond donors (Lipinski definition) is 2. The summed E-state index contributed by atoms with van der Waals surface area (Å²) < 4.78 is 0. The van der Waals surface area contributed by atoms with Crippen molar-refractivity contribution in [3.8, 4) is 0 Å². The molecule has 6 heteroatoms. The number of nitrogens with zero attached hydrogens (tertiary/aromatic N) is 2. The molecule has 1 aliphatic carbocycles. The van der Waals surface area contributed by atoms with Gasteiger partial charge in [0.2, 0.25) is 5.91 Å². The summed E-state index contributed by atoms with van der Waals surface area (Å²) in [5.74, 6) is 0.133. The number of piperazine rings is 1. The third-order valence-corrected chi connectivity index (χ3v) is 5.95. The third kappa shape index (κ3) is 6.23. The third-order valence-electron chi connectivity index (χ3n) is 5.95. The van der Waals surface area contributed by atoms with Crippen molar-refractivity contribution in [1.82, 2.24) is 20.4 Å². The summed E-state index contributed by atoms with van der Waals surface area (Å²) in [6, 6.07) is 8.63. The van der Waals surface area contributed by atoms with Gasteiger partial charge >= 0.3 is 6.03 Å². The van der Waals surface area contributed by atoms with Gasteiger partial charge in [-0.25, -0.2) is 4.79 Å². The second kappa shape index (κ2) is 10.5. The SMILES string of the molecule is Cc1ccccc1CN1CCN(C(=O)CCNC(=O)NC2CCCCC2)CC1. The second-order valence-corrected chi connectivity index (χ2v) is 8.07. The predicted octanol–water partition coefficient (Wildman–Crippen LogP) is 2.66. The highest BCUT2D eigenvalue weighted by molar-refractivity contribution is 5.78. The molecule has 2 fully saturated rings. The Morgan fingerprint density at radius 2 is 1.75 bits per heavy atom. The molecule has 1 saturated heterocycles. The molecule has 0 aromatic heterocycles. The van der Waals surface area contributed by atoms with Crippen LogP contribution in [0.5, 0.6) is 0 Å². The van der Waals surface area contributed by atoms with Gasteiger partial charge in [0.25, 0.3) is 0 Å². The Bertz CT molecular complexity index is 650. The van der Waals surface area contributed by atoms with Crippen molar-refractivity contribution in [2.45, 2.75) is 58.0 Å². The van der Waals surface area contributed by atoms with Gasteiger partial charge in [-0.05, 0) is 30.9 Å². The first kappa shape index (κ1) is 20.6. The molecule has 1 aromatic carbocycles. The molecular formula is C22H34N4O2. The lowest BCUT2D eigenvalue weighted by molar-refractivity contribution is -0.132. The lowest BCUT2D eigenvalue weighted by atomic mass is 9.96. The number of hydrogen-bond acceptors (Lipinski definition) is 3. The number of rotatable bonds is 6. The molecule has 1 aliphatic heterocycles. The van der Waals surface area contributed by atoms with Crippen LogP contribution in [0.25, 0.3) is 0 Å². The van der Waals surface area contributed by atoms with Gasteiger partial charge in [0, 0.05) is 51.7 Å². The monoisotopic (exact) mass is 386 g/mol. The molecule has 0 unspecified atom stereocenters. The summed E-state index contributed by atoms with van der Waals surface area (Å²) in [5, 5.41) is 5.86. The van der Waals surface area contributed by atoms with E-state index in [0.29, 0.717) is 19.0 Å². The molecule has 0 bridgehead atoms. The predicted molar refractivity (Wildman–Crippen MR) is 111 cm³/mol. The molecule has 0 spiro atoms. The first-order valence-electron chi connectivity index (χ1n) is 10.7. The van der Waals surface area contributed by atoms with E-state index in [1.165, 1.54) is 30.4 Å². The van der Waals surface area contributed by atoms with Crippen LogP contribution in [0.1, 0.15) is 49.7 Å². The van der Waals surface area contributed by atoms with E-state index < -0.39 is 0 Å². The Hall–Kier alpha value is -2.08. The normalized spacial score (nSPS) is 18.7. The first-order chi connectivity index (χ1) is 13.6. The maximum atomic E-state index is 12.4. The van der Waals surface area contributed by atoms with E-state index in [4.69, 9.17) is 0 Å². The largest absolute Gasteiger partial charge is 0.340 e. The van der Waals surface area contributed by atoms with E-state index >= 15 is 0 Å². The Balaban J connectivity index is 1.31. The molecule has 6 nitrogen and oxygen atoms in total. The minimum Gasteiger partial charge on any atom is -0.340 e. The van der Waals surface area contributed by atoms with Crippen LogP contribution >= 0.6 is 0 Å². The highest BCUT2D eigenvalue weighted by atomic mass is 16.2. The van der Waals surface area contributed by atoms with E-state index in [1.54, 1.807) is 0 Å². The fourth-order valence-electron chi connectivity index (χ4n) is 4.11. The highest BCUT2D eigenvalue weighted by Crippen LogP contribution is 2.17. The number of aryl methyl sites for hydroxylation is 1. The van der Waals surface area contributed by atoms with Crippen molar-refractivity contribution in [3.05, 3.63) is 35.4 Å². The molecule has 2 N–H and O–H groups in total. The van der Waals surface area contributed by atoms with Crippen molar-refractivity contribution in [3.63, 3.8) is 0 Å². The van der Waals surface area contributed by atoms with Gasteiger partial charge in [0.1, 0.15) is 0 Å². The topological polar surface area (TPSA) is 64.7 Å². The van der Waals surface area contributed by atoms with E-state index in [-0.39, 0.29) is 11.9 Å². The minimum absolute atomic E-state index is 0.133.